The number of carbonyl (C=O) groups excluding carboxylic acids is 1. The van der Waals surface area contributed by atoms with Crippen LogP contribution in [-0.4, -0.2) is 12.5 Å². The van der Waals surface area contributed by atoms with E-state index in [1.165, 1.54) is 4.88 Å². The third-order valence-corrected chi connectivity index (χ3v) is 3.71. The van der Waals surface area contributed by atoms with E-state index in [9.17, 15) is 4.79 Å². The van der Waals surface area contributed by atoms with Crippen LogP contribution in [0.2, 0.25) is 0 Å². The molecule has 1 atom stereocenters. The molecule has 0 spiro atoms. The molecule has 0 aromatic carbocycles. The van der Waals surface area contributed by atoms with Crippen molar-refractivity contribution in [2.75, 3.05) is 6.54 Å². The fourth-order valence-electron chi connectivity index (χ4n) is 1.07. The van der Waals surface area contributed by atoms with E-state index in [1.54, 1.807) is 11.3 Å². The summed E-state index contributed by atoms with van der Waals surface area (Å²) in [4.78, 5) is 11.7. The van der Waals surface area contributed by atoms with Crippen molar-refractivity contribution >= 4 is 33.2 Å². The fraction of sp³-hybridized carbons (Fsp3) is 0.444. The van der Waals surface area contributed by atoms with Crippen molar-refractivity contribution < 1.29 is 4.79 Å². The van der Waals surface area contributed by atoms with Crippen molar-refractivity contribution in [2.45, 2.75) is 19.4 Å². The molecule has 0 aliphatic rings. The lowest BCUT2D eigenvalue weighted by molar-refractivity contribution is -0.117. The largest absolute Gasteiger partial charge is 0.370 e. The standard InChI is InChI=1S/C9H13BrN2OS/c1-6(12-3-2-9(11)13)8-4-7(10)5-14-8/h4-6,12H,2-3H2,1H3,(H2,11,13). The molecule has 0 bridgehead atoms. The molecule has 1 aromatic heterocycles. The van der Waals surface area contributed by atoms with Gasteiger partial charge in [-0.1, -0.05) is 0 Å². The highest BCUT2D eigenvalue weighted by Gasteiger charge is 2.07. The van der Waals surface area contributed by atoms with Gasteiger partial charge in [-0.2, -0.15) is 0 Å². The number of halogens is 1. The van der Waals surface area contributed by atoms with Crippen LogP contribution in [0.3, 0.4) is 0 Å². The number of hydrogen-bond donors (Lipinski definition) is 2. The second kappa shape index (κ2) is 5.48. The Morgan fingerprint density at radius 2 is 2.50 bits per heavy atom. The molecule has 1 unspecified atom stereocenters. The Labute approximate surface area is 95.8 Å². The number of primary amides is 1. The number of carbonyl (C=O) groups is 1. The Kier molecular flexibility index (Phi) is 4.57. The number of hydrogen-bond acceptors (Lipinski definition) is 3. The summed E-state index contributed by atoms with van der Waals surface area (Å²) in [6.45, 7) is 2.70. The maximum atomic E-state index is 10.5. The van der Waals surface area contributed by atoms with E-state index in [-0.39, 0.29) is 11.9 Å². The van der Waals surface area contributed by atoms with Crippen molar-refractivity contribution in [3.63, 3.8) is 0 Å². The molecule has 0 saturated carbocycles. The van der Waals surface area contributed by atoms with Crippen LogP contribution in [0.5, 0.6) is 0 Å². The third kappa shape index (κ3) is 3.77. The highest BCUT2D eigenvalue weighted by molar-refractivity contribution is 9.10. The van der Waals surface area contributed by atoms with Gasteiger partial charge in [-0.25, -0.2) is 0 Å². The van der Waals surface area contributed by atoms with Crippen LogP contribution in [0.25, 0.3) is 0 Å². The van der Waals surface area contributed by atoms with Crippen LogP contribution in [0.4, 0.5) is 0 Å². The van der Waals surface area contributed by atoms with Crippen molar-refractivity contribution in [1.82, 2.24) is 5.32 Å². The molecule has 1 aromatic rings. The van der Waals surface area contributed by atoms with E-state index < -0.39 is 0 Å². The molecular formula is C9H13BrN2OS. The van der Waals surface area contributed by atoms with Gasteiger partial charge in [0.25, 0.3) is 0 Å². The normalized spacial score (nSPS) is 12.7. The van der Waals surface area contributed by atoms with Crippen molar-refractivity contribution in [1.29, 1.82) is 0 Å². The first-order chi connectivity index (χ1) is 6.59. The zero-order valence-electron chi connectivity index (χ0n) is 7.92. The first-order valence-corrected chi connectivity index (χ1v) is 6.02. The van der Waals surface area contributed by atoms with Gasteiger partial charge >= 0.3 is 0 Å². The van der Waals surface area contributed by atoms with Gasteiger partial charge in [-0.15, -0.1) is 11.3 Å². The van der Waals surface area contributed by atoms with E-state index in [0.717, 1.165) is 4.47 Å². The summed E-state index contributed by atoms with van der Waals surface area (Å²) in [6, 6.07) is 2.35. The highest BCUT2D eigenvalue weighted by atomic mass is 79.9. The average molecular weight is 277 g/mol. The predicted molar refractivity (Wildman–Crippen MR) is 62.2 cm³/mol. The lowest BCUT2D eigenvalue weighted by atomic mass is 10.2. The Morgan fingerprint density at radius 3 is 3.00 bits per heavy atom. The molecule has 14 heavy (non-hydrogen) atoms. The van der Waals surface area contributed by atoms with Crippen molar-refractivity contribution in [2.24, 2.45) is 5.73 Å². The van der Waals surface area contributed by atoms with Gasteiger partial charge in [0.15, 0.2) is 0 Å². The number of nitrogens with one attached hydrogen (secondary N) is 1. The van der Waals surface area contributed by atoms with Crippen LogP contribution in [0.15, 0.2) is 15.9 Å². The number of rotatable bonds is 5. The average Bonchev–Trinajstić information content (AvgIpc) is 2.51. The molecule has 0 radical (unpaired) electrons. The van der Waals surface area contributed by atoms with E-state index in [4.69, 9.17) is 5.73 Å². The molecule has 1 rings (SSSR count). The minimum absolute atomic E-state index is 0.267. The van der Waals surface area contributed by atoms with Crippen molar-refractivity contribution in [3.05, 3.63) is 20.8 Å². The quantitative estimate of drug-likeness (QED) is 0.865. The lowest BCUT2D eigenvalue weighted by Gasteiger charge is -2.10. The van der Waals surface area contributed by atoms with Crippen LogP contribution >= 0.6 is 27.3 Å². The van der Waals surface area contributed by atoms with Crippen LogP contribution in [0.1, 0.15) is 24.3 Å². The first kappa shape index (κ1) is 11.7. The lowest BCUT2D eigenvalue weighted by Crippen LogP contribution is -2.24. The van der Waals surface area contributed by atoms with E-state index >= 15 is 0 Å². The molecule has 0 saturated heterocycles. The fourth-order valence-corrected chi connectivity index (χ4v) is 2.55. The molecule has 0 aliphatic carbocycles. The molecule has 3 nitrogen and oxygen atoms in total. The zero-order valence-corrected chi connectivity index (χ0v) is 10.3. The predicted octanol–water partition coefficient (Wildman–Crippen LogP) is 2.04. The molecule has 5 heteroatoms. The molecule has 1 heterocycles. The minimum Gasteiger partial charge on any atom is -0.370 e. The monoisotopic (exact) mass is 276 g/mol. The number of nitrogens with two attached hydrogens (primary N) is 1. The van der Waals surface area contributed by atoms with Crippen LogP contribution in [-0.2, 0) is 4.79 Å². The Balaban J connectivity index is 2.35. The SMILES string of the molecule is CC(NCCC(N)=O)c1cc(Br)cs1. The van der Waals surface area contributed by atoms with Gasteiger partial charge in [-0.05, 0) is 28.9 Å². The van der Waals surface area contributed by atoms with Crippen LogP contribution in [0, 0.1) is 0 Å². The van der Waals surface area contributed by atoms with E-state index in [2.05, 4.69) is 34.2 Å². The first-order valence-electron chi connectivity index (χ1n) is 4.35. The van der Waals surface area contributed by atoms with Gasteiger partial charge in [-0.3, -0.25) is 4.79 Å². The second-order valence-electron chi connectivity index (χ2n) is 3.06. The smallest absolute Gasteiger partial charge is 0.218 e. The second-order valence-corrected chi connectivity index (χ2v) is 4.92. The van der Waals surface area contributed by atoms with Gasteiger partial charge in [0.2, 0.25) is 5.91 Å². The Morgan fingerprint density at radius 1 is 1.79 bits per heavy atom. The summed E-state index contributed by atoms with van der Waals surface area (Å²) in [5.41, 5.74) is 5.04. The summed E-state index contributed by atoms with van der Waals surface area (Å²) in [7, 11) is 0. The molecule has 0 aliphatic heterocycles. The summed E-state index contributed by atoms with van der Waals surface area (Å²) in [5, 5.41) is 5.28. The molecular weight excluding hydrogens is 264 g/mol. The molecule has 0 fully saturated rings. The molecule has 3 N–H and O–H groups in total. The molecule has 1 amide bonds. The third-order valence-electron chi connectivity index (χ3n) is 1.84. The minimum atomic E-state index is -0.267. The summed E-state index contributed by atoms with van der Waals surface area (Å²) < 4.78 is 1.10. The number of amides is 1. The molecule has 78 valence electrons. The zero-order chi connectivity index (χ0) is 10.6. The van der Waals surface area contributed by atoms with Gasteiger partial charge < -0.3 is 11.1 Å². The Hall–Kier alpha value is -0.390. The highest BCUT2D eigenvalue weighted by Crippen LogP contribution is 2.25. The van der Waals surface area contributed by atoms with Gasteiger partial charge in [0, 0.05) is 33.7 Å². The van der Waals surface area contributed by atoms with Gasteiger partial charge in [0.1, 0.15) is 0 Å². The number of thiophene rings is 1. The van der Waals surface area contributed by atoms with Gasteiger partial charge in [0.05, 0.1) is 0 Å². The topological polar surface area (TPSA) is 55.1 Å². The van der Waals surface area contributed by atoms with E-state index in [0.29, 0.717) is 13.0 Å². The summed E-state index contributed by atoms with van der Waals surface area (Å²) in [5.74, 6) is -0.267. The summed E-state index contributed by atoms with van der Waals surface area (Å²) in [6.07, 6.45) is 0.386. The van der Waals surface area contributed by atoms with E-state index in [1.807, 2.05) is 5.38 Å². The maximum Gasteiger partial charge on any atom is 0.218 e. The Bertz CT molecular complexity index is 314. The van der Waals surface area contributed by atoms with Crippen molar-refractivity contribution in [3.8, 4) is 0 Å². The van der Waals surface area contributed by atoms with Crippen LogP contribution < -0.4 is 11.1 Å². The maximum absolute atomic E-state index is 10.5. The summed E-state index contributed by atoms with van der Waals surface area (Å²) >= 11 is 5.09.